The van der Waals surface area contributed by atoms with Gasteiger partial charge in [-0.3, -0.25) is 9.59 Å². The van der Waals surface area contributed by atoms with E-state index < -0.39 is 0 Å². The van der Waals surface area contributed by atoms with Crippen LogP contribution in [0.1, 0.15) is 10.4 Å². The third-order valence-corrected chi connectivity index (χ3v) is 4.85. The Balaban J connectivity index is 1.73. The highest BCUT2D eigenvalue weighted by atomic mass is 79.9. The van der Waals surface area contributed by atoms with Crippen molar-refractivity contribution in [2.75, 3.05) is 31.1 Å². The molecule has 0 saturated carbocycles. The van der Waals surface area contributed by atoms with Crippen molar-refractivity contribution < 1.29 is 9.90 Å². The van der Waals surface area contributed by atoms with Crippen LogP contribution in [-0.4, -0.2) is 51.9 Å². The molecule has 7 nitrogen and oxygen atoms in total. The van der Waals surface area contributed by atoms with E-state index in [1.807, 2.05) is 4.90 Å². The Morgan fingerprint density at radius 1 is 1.21 bits per heavy atom. The summed E-state index contributed by atoms with van der Waals surface area (Å²) in [4.78, 5) is 28.2. The third-order valence-electron chi connectivity index (χ3n) is 4.10. The summed E-state index contributed by atoms with van der Waals surface area (Å²) in [5, 5.41) is 13.9. The van der Waals surface area contributed by atoms with Gasteiger partial charge >= 0.3 is 0 Å². The molecule has 1 N–H and O–H groups in total. The van der Waals surface area contributed by atoms with Crippen molar-refractivity contribution in [2.24, 2.45) is 7.05 Å². The molecule has 2 aromatic rings. The molecule has 8 heteroatoms. The predicted molar refractivity (Wildman–Crippen MR) is 93.4 cm³/mol. The van der Waals surface area contributed by atoms with Crippen LogP contribution in [0.25, 0.3) is 0 Å². The fourth-order valence-electron chi connectivity index (χ4n) is 2.70. The Hall–Kier alpha value is -2.35. The van der Waals surface area contributed by atoms with Crippen molar-refractivity contribution in [3.8, 4) is 5.75 Å². The van der Waals surface area contributed by atoms with Crippen LogP contribution in [0.4, 0.5) is 5.69 Å². The third kappa shape index (κ3) is 3.01. The molecule has 1 aromatic heterocycles. The molecule has 24 heavy (non-hydrogen) atoms. The van der Waals surface area contributed by atoms with Gasteiger partial charge in [0.25, 0.3) is 11.5 Å². The summed E-state index contributed by atoms with van der Waals surface area (Å²) in [6.07, 6.45) is 1.64. The number of hydrogen-bond donors (Lipinski definition) is 1. The van der Waals surface area contributed by atoms with E-state index in [4.69, 9.17) is 0 Å². The summed E-state index contributed by atoms with van der Waals surface area (Å²) < 4.78 is 1.74. The second-order valence-corrected chi connectivity index (χ2v) is 6.36. The summed E-state index contributed by atoms with van der Waals surface area (Å²) in [6, 6.07) is 6.54. The second kappa shape index (κ2) is 6.64. The van der Waals surface area contributed by atoms with E-state index in [9.17, 15) is 14.7 Å². The molecule has 126 valence electrons. The van der Waals surface area contributed by atoms with Crippen molar-refractivity contribution in [3.63, 3.8) is 0 Å². The van der Waals surface area contributed by atoms with E-state index in [2.05, 4.69) is 21.0 Å². The molecule has 1 aliphatic rings. The number of rotatable bonds is 2. The van der Waals surface area contributed by atoms with Crippen LogP contribution in [0.15, 0.2) is 39.7 Å². The van der Waals surface area contributed by atoms with Crippen molar-refractivity contribution in [2.45, 2.75) is 0 Å². The molecular weight excluding hydrogens is 376 g/mol. The number of aromatic nitrogens is 2. The van der Waals surface area contributed by atoms with Gasteiger partial charge in [0, 0.05) is 33.2 Å². The molecule has 1 saturated heterocycles. The first-order valence-electron chi connectivity index (χ1n) is 7.53. The summed E-state index contributed by atoms with van der Waals surface area (Å²) in [7, 11) is 1.60. The molecule has 0 atom stereocenters. The highest BCUT2D eigenvalue weighted by Crippen LogP contribution is 2.24. The number of anilines is 1. The van der Waals surface area contributed by atoms with Gasteiger partial charge in [0.05, 0.1) is 17.4 Å². The minimum atomic E-state index is -0.194. The first-order chi connectivity index (χ1) is 11.5. The second-order valence-electron chi connectivity index (χ2n) is 5.57. The number of aryl methyl sites for hydroxylation is 1. The molecule has 0 spiro atoms. The number of piperazine rings is 1. The quantitative estimate of drug-likeness (QED) is 0.830. The summed E-state index contributed by atoms with van der Waals surface area (Å²) in [5.41, 5.74) is 0.843. The molecule has 1 amide bonds. The van der Waals surface area contributed by atoms with Gasteiger partial charge in [-0.05, 0) is 28.1 Å². The molecule has 1 fully saturated rings. The topological polar surface area (TPSA) is 78.7 Å². The van der Waals surface area contributed by atoms with Gasteiger partial charge in [-0.2, -0.15) is 5.10 Å². The number of hydrogen-bond acceptors (Lipinski definition) is 5. The Kier molecular flexibility index (Phi) is 4.57. The van der Waals surface area contributed by atoms with Crippen LogP contribution >= 0.6 is 15.9 Å². The van der Waals surface area contributed by atoms with Gasteiger partial charge in [0.2, 0.25) is 0 Å². The predicted octanol–water partition coefficient (Wildman–Crippen LogP) is 1.21. The summed E-state index contributed by atoms with van der Waals surface area (Å²) in [6.45, 7) is 2.20. The fraction of sp³-hybridized carbons (Fsp3) is 0.312. The maximum Gasteiger partial charge on any atom is 0.282 e. The van der Waals surface area contributed by atoms with Crippen LogP contribution in [0.3, 0.4) is 0 Å². The van der Waals surface area contributed by atoms with E-state index in [0.29, 0.717) is 36.2 Å². The van der Waals surface area contributed by atoms with Crippen LogP contribution in [-0.2, 0) is 7.05 Å². The first kappa shape index (κ1) is 16.5. The van der Waals surface area contributed by atoms with Crippen molar-refractivity contribution in [3.05, 3.63) is 50.9 Å². The van der Waals surface area contributed by atoms with Crippen LogP contribution in [0.5, 0.6) is 5.75 Å². The van der Waals surface area contributed by atoms with E-state index in [-0.39, 0.29) is 17.2 Å². The molecular formula is C16H17BrN4O3. The first-order valence-corrected chi connectivity index (χ1v) is 8.32. The van der Waals surface area contributed by atoms with Crippen molar-refractivity contribution in [1.82, 2.24) is 14.7 Å². The fourth-order valence-corrected chi connectivity index (χ4v) is 3.31. The lowest BCUT2D eigenvalue weighted by atomic mass is 10.1. The maximum atomic E-state index is 12.5. The van der Waals surface area contributed by atoms with Gasteiger partial charge in [-0.15, -0.1) is 0 Å². The minimum Gasteiger partial charge on any atom is -0.507 e. The monoisotopic (exact) mass is 392 g/mol. The van der Waals surface area contributed by atoms with E-state index in [1.54, 1.807) is 36.3 Å². The molecule has 2 heterocycles. The standard InChI is InChI=1S/C16H17BrN4O3/c1-19-16(24)14(17)12(10-18-19)20-6-8-21(9-7-20)15(23)11-4-2-3-5-13(11)22/h2-5,10,22H,6-9H2,1H3. The van der Waals surface area contributed by atoms with Gasteiger partial charge in [-0.1, -0.05) is 12.1 Å². The molecule has 0 aliphatic carbocycles. The lowest BCUT2D eigenvalue weighted by Crippen LogP contribution is -2.49. The maximum absolute atomic E-state index is 12.5. The van der Waals surface area contributed by atoms with Crippen LogP contribution in [0.2, 0.25) is 0 Å². The number of aromatic hydroxyl groups is 1. The van der Waals surface area contributed by atoms with Gasteiger partial charge in [-0.25, -0.2) is 4.68 Å². The minimum absolute atomic E-state index is 0.0107. The van der Waals surface area contributed by atoms with Gasteiger partial charge < -0.3 is 14.9 Å². The van der Waals surface area contributed by atoms with Crippen LogP contribution < -0.4 is 10.5 Å². The number of carbonyl (C=O) groups excluding carboxylic acids is 1. The average molecular weight is 393 g/mol. The Bertz CT molecular complexity index is 828. The number of benzene rings is 1. The molecule has 3 rings (SSSR count). The molecule has 0 radical (unpaired) electrons. The lowest BCUT2D eigenvalue weighted by molar-refractivity contribution is 0.0743. The smallest absolute Gasteiger partial charge is 0.282 e. The van der Waals surface area contributed by atoms with Crippen molar-refractivity contribution in [1.29, 1.82) is 0 Å². The number of halogens is 1. The highest BCUT2D eigenvalue weighted by Gasteiger charge is 2.25. The SMILES string of the molecule is Cn1ncc(N2CCN(C(=O)c3ccccc3O)CC2)c(Br)c1=O. The van der Waals surface area contributed by atoms with Gasteiger partial charge in [0.1, 0.15) is 10.2 Å². The Morgan fingerprint density at radius 2 is 1.88 bits per heavy atom. The average Bonchev–Trinajstić information content (AvgIpc) is 2.60. The normalized spacial score (nSPS) is 14.8. The lowest BCUT2D eigenvalue weighted by Gasteiger charge is -2.36. The molecule has 1 aromatic carbocycles. The number of para-hydroxylation sites is 1. The number of phenolic OH excluding ortho intramolecular Hbond substituents is 1. The summed E-state index contributed by atoms with van der Waals surface area (Å²) >= 11 is 3.33. The highest BCUT2D eigenvalue weighted by molar-refractivity contribution is 9.10. The largest absolute Gasteiger partial charge is 0.507 e. The number of phenols is 1. The molecule has 0 unspecified atom stereocenters. The molecule has 1 aliphatic heterocycles. The zero-order valence-electron chi connectivity index (χ0n) is 13.1. The van der Waals surface area contributed by atoms with E-state index >= 15 is 0 Å². The van der Waals surface area contributed by atoms with Crippen LogP contribution in [0, 0.1) is 0 Å². The molecule has 0 bridgehead atoms. The number of nitrogens with zero attached hydrogens (tertiary/aromatic N) is 4. The van der Waals surface area contributed by atoms with E-state index in [0.717, 1.165) is 5.69 Å². The number of amides is 1. The Morgan fingerprint density at radius 3 is 2.54 bits per heavy atom. The Labute approximate surface area is 147 Å². The number of carbonyl (C=O) groups is 1. The zero-order valence-corrected chi connectivity index (χ0v) is 14.7. The van der Waals surface area contributed by atoms with Gasteiger partial charge in [0.15, 0.2) is 0 Å². The summed E-state index contributed by atoms with van der Waals surface area (Å²) in [5.74, 6) is -0.197. The van der Waals surface area contributed by atoms with E-state index in [1.165, 1.54) is 10.7 Å². The zero-order chi connectivity index (χ0) is 17.3. The van der Waals surface area contributed by atoms with Crippen molar-refractivity contribution >= 4 is 27.5 Å².